The summed E-state index contributed by atoms with van der Waals surface area (Å²) in [6, 6.07) is 15.8. The van der Waals surface area contributed by atoms with Crippen LogP contribution in [0.2, 0.25) is 0 Å². The van der Waals surface area contributed by atoms with Gasteiger partial charge in [0.15, 0.2) is 5.82 Å². The van der Waals surface area contributed by atoms with Crippen molar-refractivity contribution < 1.29 is 9.47 Å². The average Bonchev–Trinajstić information content (AvgIpc) is 3.33. The number of aromatic nitrogens is 4. The summed E-state index contributed by atoms with van der Waals surface area (Å²) in [4.78, 5) is 13.5. The monoisotopic (exact) mass is 620 g/mol. The van der Waals surface area contributed by atoms with Gasteiger partial charge < -0.3 is 30.3 Å². The van der Waals surface area contributed by atoms with Crippen molar-refractivity contribution in [3.63, 3.8) is 0 Å². The van der Waals surface area contributed by atoms with Gasteiger partial charge in [-0.25, -0.2) is 9.67 Å². The van der Waals surface area contributed by atoms with Gasteiger partial charge >= 0.3 is 0 Å². The Morgan fingerprint density at radius 1 is 1.11 bits per heavy atom. The van der Waals surface area contributed by atoms with Gasteiger partial charge in [-0.05, 0) is 20.2 Å². The number of nitrogens with one attached hydrogen (secondary N) is 1. The van der Waals surface area contributed by atoms with Crippen LogP contribution >= 0.6 is 0 Å². The summed E-state index contributed by atoms with van der Waals surface area (Å²) in [6.07, 6.45) is 3.72. The Hall–Kier alpha value is -3.35. The second kappa shape index (κ2) is 12.5. The van der Waals surface area contributed by atoms with E-state index in [1.807, 2.05) is 56.7 Å². The summed E-state index contributed by atoms with van der Waals surface area (Å²) in [5, 5.41) is 8.14. The molecular weight excluding hydrogens is 587 g/mol. The first-order chi connectivity index (χ1) is 18.0. The van der Waals surface area contributed by atoms with Gasteiger partial charge in [-0.3, -0.25) is 0 Å². The van der Waals surface area contributed by atoms with Gasteiger partial charge in [0, 0.05) is 79.2 Å². The number of anilines is 4. The molecule has 0 bridgehead atoms. The third-order valence-electron chi connectivity index (χ3n) is 6.15. The molecule has 4 radical (unpaired) electrons. The van der Waals surface area contributed by atoms with E-state index in [9.17, 15) is 0 Å². The molecule has 1 saturated heterocycles. The van der Waals surface area contributed by atoms with Gasteiger partial charge in [0.1, 0.15) is 5.75 Å². The van der Waals surface area contributed by atoms with Crippen molar-refractivity contribution in [1.29, 1.82) is 0 Å². The molecule has 10 nitrogen and oxygen atoms in total. The predicted molar refractivity (Wildman–Crippen MR) is 151 cm³/mol. The van der Waals surface area contributed by atoms with Crippen molar-refractivity contribution in [2.75, 3.05) is 63.5 Å². The zero-order valence-corrected chi connectivity index (χ0v) is 24.7. The Labute approximate surface area is 239 Å². The zero-order chi connectivity index (χ0) is 25.8. The minimum Gasteiger partial charge on any atom is -0.494 e. The van der Waals surface area contributed by atoms with Crippen LogP contribution < -0.4 is 20.7 Å². The molecule has 2 aromatic carbocycles. The molecular formula is C27H32N8O2Sn. The summed E-state index contributed by atoms with van der Waals surface area (Å²) in [6.45, 7) is 3.69. The van der Waals surface area contributed by atoms with E-state index in [2.05, 4.69) is 32.2 Å². The molecule has 0 amide bonds. The summed E-state index contributed by atoms with van der Waals surface area (Å²) >= 11 is 0. The second-order valence-electron chi connectivity index (χ2n) is 9.13. The SMILES string of the molecule is COc1cc(N2CCOCC2)c(N)cc1Nc1nccc(-n2cc(CN(C)C)c(-c3ccccc3)n2)n1.[Sn]. The fraction of sp³-hybridized carbons (Fsp3) is 0.296. The number of nitrogen functional groups attached to an aromatic ring is 1. The van der Waals surface area contributed by atoms with Crippen molar-refractivity contribution in [2.24, 2.45) is 0 Å². The second-order valence-corrected chi connectivity index (χ2v) is 9.13. The first-order valence-corrected chi connectivity index (χ1v) is 12.2. The average molecular weight is 619 g/mol. The van der Waals surface area contributed by atoms with Crippen molar-refractivity contribution in [3.05, 3.63) is 66.5 Å². The van der Waals surface area contributed by atoms with Gasteiger partial charge in [-0.2, -0.15) is 10.1 Å². The molecule has 1 fully saturated rings. The Morgan fingerprint density at radius 2 is 1.87 bits per heavy atom. The smallest absolute Gasteiger partial charge is 0.229 e. The van der Waals surface area contributed by atoms with Crippen LogP contribution in [-0.4, -0.2) is 96.1 Å². The minimum absolute atomic E-state index is 0. The Bertz CT molecular complexity index is 1360. The standard InChI is InChI=1S/C27H32N8O2.Sn/c1-33(2)17-20-18-35(32-26(20)19-7-5-4-6-8-19)25-9-10-29-27(31-25)30-22-15-21(28)23(16-24(22)36-3)34-11-13-37-14-12-34;/h4-10,15-16,18H,11-14,17,28H2,1-3H3,(H,29,30,31);. The molecule has 2 aromatic heterocycles. The molecule has 11 heteroatoms. The van der Waals surface area contributed by atoms with Gasteiger partial charge in [0.05, 0.1) is 43.1 Å². The topological polar surface area (TPSA) is 107 Å². The third-order valence-corrected chi connectivity index (χ3v) is 6.15. The van der Waals surface area contributed by atoms with Crippen molar-refractivity contribution >= 4 is 46.9 Å². The third kappa shape index (κ3) is 6.20. The fourth-order valence-corrected chi connectivity index (χ4v) is 4.41. The summed E-state index contributed by atoms with van der Waals surface area (Å²) in [5.41, 5.74) is 11.8. The molecule has 38 heavy (non-hydrogen) atoms. The van der Waals surface area contributed by atoms with E-state index < -0.39 is 0 Å². The number of methoxy groups -OCH3 is 1. The van der Waals surface area contributed by atoms with Gasteiger partial charge in [0.2, 0.25) is 5.95 Å². The number of benzene rings is 2. The van der Waals surface area contributed by atoms with Crippen molar-refractivity contribution in [1.82, 2.24) is 24.6 Å². The van der Waals surface area contributed by atoms with Crippen molar-refractivity contribution in [3.8, 4) is 22.8 Å². The van der Waals surface area contributed by atoms with Crippen LogP contribution in [0.25, 0.3) is 17.1 Å². The first kappa shape index (κ1) is 27.7. The number of morpholine rings is 1. The van der Waals surface area contributed by atoms with E-state index in [1.165, 1.54) is 0 Å². The largest absolute Gasteiger partial charge is 0.494 e. The van der Waals surface area contributed by atoms with E-state index in [-0.39, 0.29) is 23.9 Å². The molecule has 3 heterocycles. The molecule has 1 aliphatic rings. The van der Waals surface area contributed by atoms with Gasteiger partial charge in [-0.1, -0.05) is 30.3 Å². The number of ether oxygens (including phenoxy) is 2. The van der Waals surface area contributed by atoms with Gasteiger partial charge in [0.25, 0.3) is 0 Å². The molecule has 1 aliphatic heterocycles. The Kier molecular flexibility index (Phi) is 9.08. The Morgan fingerprint density at radius 3 is 2.58 bits per heavy atom. The van der Waals surface area contributed by atoms with Crippen molar-refractivity contribution in [2.45, 2.75) is 6.54 Å². The van der Waals surface area contributed by atoms with E-state index in [4.69, 9.17) is 25.3 Å². The molecule has 0 spiro atoms. The molecule has 196 valence electrons. The molecule has 3 N–H and O–H groups in total. The van der Waals surface area contributed by atoms with Crippen LogP contribution in [0.4, 0.5) is 23.0 Å². The van der Waals surface area contributed by atoms with Crippen LogP contribution in [0.3, 0.4) is 0 Å². The number of nitrogens with zero attached hydrogens (tertiary/aromatic N) is 6. The minimum atomic E-state index is 0. The summed E-state index contributed by atoms with van der Waals surface area (Å²) in [5.74, 6) is 1.72. The number of nitrogens with two attached hydrogens (primary N) is 1. The first-order valence-electron chi connectivity index (χ1n) is 12.2. The zero-order valence-electron chi connectivity index (χ0n) is 21.9. The number of hydrogen-bond donors (Lipinski definition) is 2. The molecule has 5 rings (SSSR count). The number of hydrogen-bond acceptors (Lipinski definition) is 9. The van der Waals surface area contributed by atoms with Gasteiger partial charge in [-0.15, -0.1) is 0 Å². The van der Waals surface area contributed by atoms with Crippen LogP contribution in [-0.2, 0) is 11.3 Å². The van der Waals surface area contributed by atoms with Crippen LogP contribution in [0.1, 0.15) is 5.56 Å². The Balaban J connectivity index is 0.00000336. The van der Waals surface area contributed by atoms with E-state index in [0.717, 1.165) is 42.1 Å². The molecule has 4 aromatic rings. The van der Waals surface area contributed by atoms with E-state index >= 15 is 0 Å². The normalized spacial score (nSPS) is 13.3. The van der Waals surface area contributed by atoms with Crippen LogP contribution in [0, 0.1) is 0 Å². The predicted octanol–water partition coefficient (Wildman–Crippen LogP) is 3.18. The molecule has 0 unspecified atom stereocenters. The maximum atomic E-state index is 6.43. The molecule has 0 saturated carbocycles. The van der Waals surface area contributed by atoms with Crippen LogP contribution in [0.5, 0.6) is 5.75 Å². The maximum Gasteiger partial charge on any atom is 0.229 e. The quantitative estimate of drug-likeness (QED) is 0.227. The molecule has 0 aliphatic carbocycles. The fourth-order valence-electron chi connectivity index (χ4n) is 4.41. The molecule has 0 atom stereocenters. The maximum absolute atomic E-state index is 6.43. The summed E-state index contributed by atoms with van der Waals surface area (Å²) in [7, 11) is 5.72. The van der Waals surface area contributed by atoms with E-state index in [1.54, 1.807) is 18.0 Å². The summed E-state index contributed by atoms with van der Waals surface area (Å²) < 4.78 is 12.9. The van der Waals surface area contributed by atoms with E-state index in [0.29, 0.717) is 42.1 Å². The van der Waals surface area contributed by atoms with Crippen LogP contribution in [0.15, 0.2) is 60.9 Å². The number of rotatable bonds is 8.